The number of piperidine rings is 1. The minimum Gasteiger partial charge on any atom is -0.508 e. The van der Waals surface area contributed by atoms with Crippen molar-refractivity contribution in [3.05, 3.63) is 171 Å². The minimum atomic E-state index is -2.12. The fraction of sp³-hybridized carbons (Fsp3) is 0.308. The molecule has 67 heavy (non-hydrogen) atoms. The van der Waals surface area contributed by atoms with Gasteiger partial charge in [0.05, 0.1) is 18.2 Å². The standard InChI is InChI=1S/C52H55N5O10/c58-44-18-16-42(43-17-19-47(61)56-49(43)44)46(60)29-53-28-36-15-14-35(24-45(36)59)50(63)55-40-26-39(27-40)54-48(62)32-66-41-13-7-12-38(25-41)52(65,37-10-5-2-6-11-37)51(64)67-31-34-20-22-57(23-21-34)30-33-8-3-1-4-9-33/h1-19,24-25,34,39-40,46,53,58-60,65H,20-23,26-32H2,(H,54,62)(H,55,63)(H,56,61)/t39-,40-,46-,52?/m0/s1. The molecule has 1 saturated carbocycles. The number of nitrogens with zero attached hydrogens (tertiary/aromatic N) is 1. The lowest BCUT2D eigenvalue weighted by Gasteiger charge is -2.36. The topological polar surface area (TPSA) is 223 Å². The molecule has 1 saturated heterocycles. The highest BCUT2D eigenvalue weighted by Crippen LogP contribution is 2.34. The lowest BCUT2D eigenvalue weighted by Crippen LogP contribution is -2.54. The van der Waals surface area contributed by atoms with Crippen molar-refractivity contribution in [2.45, 2.75) is 62.6 Å². The molecule has 1 unspecified atom stereocenters. The number of H-pyrrole nitrogens is 1. The van der Waals surface area contributed by atoms with Gasteiger partial charge in [-0.3, -0.25) is 19.3 Å². The van der Waals surface area contributed by atoms with Gasteiger partial charge in [-0.25, -0.2) is 4.79 Å². The lowest BCUT2D eigenvalue weighted by molar-refractivity contribution is -0.164. The smallest absolute Gasteiger partial charge is 0.347 e. The van der Waals surface area contributed by atoms with E-state index in [-0.39, 0.29) is 95.6 Å². The van der Waals surface area contributed by atoms with Crippen LogP contribution in [0.4, 0.5) is 0 Å². The van der Waals surface area contributed by atoms with Crippen LogP contribution in [0.15, 0.2) is 132 Å². The zero-order valence-electron chi connectivity index (χ0n) is 36.9. The first-order valence-electron chi connectivity index (χ1n) is 22.5. The van der Waals surface area contributed by atoms with Crippen LogP contribution in [0.3, 0.4) is 0 Å². The predicted octanol–water partition coefficient (Wildman–Crippen LogP) is 4.91. The fourth-order valence-corrected chi connectivity index (χ4v) is 8.74. The number of pyridine rings is 1. The van der Waals surface area contributed by atoms with Crippen molar-refractivity contribution in [3.63, 3.8) is 0 Å². The number of carbonyl (C=O) groups is 3. The van der Waals surface area contributed by atoms with Gasteiger partial charge in [0.15, 0.2) is 6.61 Å². The number of ether oxygens (including phenoxy) is 2. The largest absolute Gasteiger partial charge is 0.508 e. The minimum absolute atomic E-state index is 0.0994. The first-order chi connectivity index (χ1) is 32.4. The van der Waals surface area contributed by atoms with Crippen LogP contribution >= 0.6 is 0 Å². The molecular weight excluding hydrogens is 855 g/mol. The molecule has 15 nitrogen and oxygen atoms in total. The zero-order chi connectivity index (χ0) is 46.9. The quantitative estimate of drug-likeness (QED) is 0.0540. The van der Waals surface area contributed by atoms with Crippen LogP contribution in [-0.2, 0) is 33.0 Å². The summed E-state index contributed by atoms with van der Waals surface area (Å²) in [4.78, 5) is 56.5. The third-order valence-electron chi connectivity index (χ3n) is 12.6. The number of aliphatic hydroxyl groups excluding tert-OH is 1. The Bertz CT molecular complexity index is 2740. The summed E-state index contributed by atoms with van der Waals surface area (Å²) in [6.45, 7) is 2.82. The summed E-state index contributed by atoms with van der Waals surface area (Å²) in [5.41, 5.74) is 0.863. The van der Waals surface area contributed by atoms with Crippen LogP contribution < -0.4 is 26.2 Å². The molecule has 2 amide bonds. The molecule has 348 valence electrons. The molecule has 0 bridgehead atoms. The number of phenolic OH excluding ortho intramolecular Hbond substituents is 2. The SMILES string of the molecule is O=C(COc1cccc(C(O)(C(=O)OCC2CCN(Cc3ccccc3)CC2)c2ccccc2)c1)N[C@H]1C[C@H](NC(=O)c2ccc(CNC[C@H](O)c3ccc(O)c4[nH]c(=O)ccc34)c(O)c2)C1. The normalized spacial score (nSPS) is 17.7. The number of carbonyl (C=O) groups excluding carboxylic acids is 3. The summed E-state index contributed by atoms with van der Waals surface area (Å²) >= 11 is 0. The van der Waals surface area contributed by atoms with Crippen LogP contribution in [0.25, 0.3) is 10.9 Å². The number of phenols is 2. The molecule has 1 aliphatic carbocycles. The Kier molecular flexibility index (Phi) is 14.6. The number of aliphatic hydroxyl groups is 2. The average molecular weight is 910 g/mol. The van der Waals surface area contributed by atoms with Gasteiger partial charge in [-0.15, -0.1) is 0 Å². The van der Waals surface area contributed by atoms with E-state index in [1.807, 2.05) is 18.2 Å². The van der Waals surface area contributed by atoms with Gasteiger partial charge in [-0.05, 0) is 97.8 Å². The summed E-state index contributed by atoms with van der Waals surface area (Å²) in [5.74, 6) is -1.29. The van der Waals surface area contributed by atoms with Crippen LogP contribution in [0.1, 0.15) is 70.0 Å². The van der Waals surface area contributed by atoms with Crippen molar-refractivity contribution < 1.29 is 44.3 Å². The van der Waals surface area contributed by atoms with Crippen molar-refractivity contribution >= 4 is 28.7 Å². The van der Waals surface area contributed by atoms with Crippen LogP contribution in [0.5, 0.6) is 17.2 Å². The van der Waals surface area contributed by atoms with Crippen LogP contribution in [-0.4, -0.2) is 93.0 Å². The van der Waals surface area contributed by atoms with Gasteiger partial charge in [0.25, 0.3) is 11.8 Å². The Balaban J connectivity index is 0.773. The third kappa shape index (κ3) is 11.3. The van der Waals surface area contributed by atoms with Gasteiger partial charge in [-0.1, -0.05) is 84.9 Å². The molecule has 8 N–H and O–H groups in total. The molecule has 0 radical (unpaired) electrons. The lowest BCUT2D eigenvalue weighted by atomic mass is 9.86. The van der Waals surface area contributed by atoms with E-state index in [9.17, 15) is 39.6 Å². The Morgan fingerprint density at radius 1 is 0.791 bits per heavy atom. The van der Waals surface area contributed by atoms with Crippen molar-refractivity contribution in [2.75, 3.05) is 32.8 Å². The zero-order valence-corrected chi connectivity index (χ0v) is 36.9. The van der Waals surface area contributed by atoms with Gasteiger partial charge in [0.1, 0.15) is 17.2 Å². The molecule has 2 aliphatic rings. The van der Waals surface area contributed by atoms with Crippen molar-refractivity contribution in [3.8, 4) is 17.2 Å². The van der Waals surface area contributed by atoms with Gasteiger partial charge in [0.2, 0.25) is 11.2 Å². The number of amides is 2. The first kappa shape index (κ1) is 46.5. The molecule has 8 rings (SSSR count). The molecule has 5 aromatic carbocycles. The van der Waals surface area contributed by atoms with E-state index in [0.717, 1.165) is 32.5 Å². The Labute approximate surface area is 387 Å². The summed E-state index contributed by atoms with van der Waals surface area (Å²) in [6.07, 6.45) is 1.75. The first-order valence-corrected chi connectivity index (χ1v) is 22.5. The molecule has 1 aliphatic heterocycles. The maximum atomic E-state index is 13.8. The van der Waals surface area contributed by atoms with Gasteiger partial charge in [0, 0.05) is 59.9 Å². The van der Waals surface area contributed by atoms with Gasteiger partial charge >= 0.3 is 5.97 Å². The van der Waals surface area contributed by atoms with Crippen molar-refractivity contribution in [1.82, 2.24) is 25.8 Å². The number of aromatic nitrogens is 1. The number of esters is 1. The second-order valence-electron chi connectivity index (χ2n) is 17.4. The van der Waals surface area contributed by atoms with E-state index in [1.165, 1.54) is 35.9 Å². The van der Waals surface area contributed by atoms with E-state index in [1.54, 1.807) is 66.7 Å². The highest BCUT2D eigenvalue weighted by Gasteiger charge is 2.42. The second kappa shape index (κ2) is 21.1. The summed E-state index contributed by atoms with van der Waals surface area (Å²) in [7, 11) is 0. The molecule has 15 heteroatoms. The molecule has 2 atom stereocenters. The maximum absolute atomic E-state index is 13.8. The Hall–Kier alpha value is -7.04. The summed E-state index contributed by atoms with van der Waals surface area (Å²) < 4.78 is 11.7. The highest BCUT2D eigenvalue weighted by molar-refractivity contribution is 5.95. The predicted molar refractivity (Wildman–Crippen MR) is 250 cm³/mol. The molecule has 2 heterocycles. The number of hydrogen-bond donors (Lipinski definition) is 8. The molecular formula is C52H55N5O10. The van der Waals surface area contributed by atoms with E-state index in [4.69, 9.17) is 9.47 Å². The monoisotopic (exact) mass is 909 g/mol. The third-order valence-corrected chi connectivity index (χ3v) is 12.6. The van der Waals surface area contributed by atoms with Gasteiger partial charge < -0.3 is 50.8 Å². The number of aromatic hydroxyl groups is 2. The number of likely N-dealkylation sites (tertiary alicyclic amines) is 1. The molecule has 1 aromatic heterocycles. The fourth-order valence-electron chi connectivity index (χ4n) is 8.74. The van der Waals surface area contributed by atoms with E-state index >= 15 is 0 Å². The summed E-state index contributed by atoms with van der Waals surface area (Å²) in [6, 6.07) is 35.4. The van der Waals surface area contributed by atoms with Gasteiger partial charge in [-0.2, -0.15) is 0 Å². The Morgan fingerprint density at radius 3 is 2.25 bits per heavy atom. The summed E-state index contributed by atoms with van der Waals surface area (Å²) in [5, 5.41) is 53.3. The van der Waals surface area contributed by atoms with Crippen LogP contribution in [0, 0.1) is 5.92 Å². The number of aromatic amines is 1. The number of hydrogen-bond acceptors (Lipinski definition) is 12. The number of rotatable bonds is 18. The second-order valence-corrected chi connectivity index (χ2v) is 17.4. The van der Waals surface area contributed by atoms with Crippen LogP contribution in [0.2, 0.25) is 0 Å². The molecule has 2 fully saturated rings. The molecule has 0 spiro atoms. The van der Waals surface area contributed by atoms with Crippen molar-refractivity contribution in [2.24, 2.45) is 5.92 Å². The van der Waals surface area contributed by atoms with E-state index < -0.39 is 17.7 Å². The van der Waals surface area contributed by atoms with E-state index in [2.05, 4.69) is 38.0 Å². The number of benzene rings is 5. The Morgan fingerprint density at radius 2 is 1.51 bits per heavy atom. The highest BCUT2D eigenvalue weighted by atomic mass is 16.6. The average Bonchev–Trinajstić information content (AvgIpc) is 3.33. The van der Waals surface area contributed by atoms with Crippen molar-refractivity contribution in [1.29, 1.82) is 0 Å². The molecule has 6 aromatic rings. The number of nitrogens with one attached hydrogen (secondary N) is 4. The maximum Gasteiger partial charge on any atom is 0.347 e. The number of fused-ring (bicyclic) bond motifs is 1. The van der Waals surface area contributed by atoms with E-state index in [0.29, 0.717) is 34.9 Å².